The lowest BCUT2D eigenvalue weighted by Crippen LogP contribution is -2.62. The number of likely N-dealkylation sites (tertiary alicyclic amines) is 2. The molecular weight excluding hydrogens is 505 g/mol. The highest BCUT2D eigenvalue weighted by atomic mass is 127. The SMILES string of the molecule is CCNC(=NCC(C)(O)c1ccc(C)o1)NCC1(N2CCCCC2)CCN(C)CC1.I. The molecule has 3 N–H and O–H groups in total. The summed E-state index contributed by atoms with van der Waals surface area (Å²) in [6.45, 7) is 12.3. The van der Waals surface area contributed by atoms with Gasteiger partial charge in [-0.1, -0.05) is 6.42 Å². The van der Waals surface area contributed by atoms with Gasteiger partial charge in [-0.25, -0.2) is 4.99 Å². The van der Waals surface area contributed by atoms with Crippen molar-refractivity contribution in [1.82, 2.24) is 20.4 Å². The molecule has 0 amide bonds. The number of aliphatic imine (C=N–C) groups is 1. The van der Waals surface area contributed by atoms with Crippen LogP contribution in [-0.2, 0) is 5.60 Å². The monoisotopic (exact) mass is 547 g/mol. The smallest absolute Gasteiger partial charge is 0.191 e. The Bertz CT molecular complexity index is 692. The van der Waals surface area contributed by atoms with Crippen LogP contribution in [0.15, 0.2) is 21.5 Å². The molecule has 2 saturated heterocycles. The molecule has 0 bridgehead atoms. The zero-order chi connectivity index (χ0) is 21.6. The molecular formula is C23H42IN5O2. The van der Waals surface area contributed by atoms with E-state index in [1.54, 1.807) is 6.92 Å². The zero-order valence-electron chi connectivity index (χ0n) is 19.7. The number of hydrogen-bond donors (Lipinski definition) is 3. The van der Waals surface area contributed by atoms with E-state index in [0.717, 1.165) is 37.9 Å². The number of aryl methyl sites for hydroxylation is 1. The lowest BCUT2D eigenvalue weighted by atomic mass is 9.84. The first-order chi connectivity index (χ1) is 14.3. The molecule has 178 valence electrons. The van der Waals surface area contributed by atoms with Gasteiger partial charge in [-0.2, -0.15) is 0 Å². The minimum absolute atomic E-state index is 0. The third-order valence-electron chi connectivity index (χ3n) is 6.69. The summed E-state index contributed by atoms with van der Waals surface area (Å²) in [7, 11) is 2.22. The van der Waals surface area contributed by atoms with Crippen LogP contribution in [0, 0.1) is 6.92 Å². The van der Waals surface area contributed by atoms with Gasteiger partial charge >= 0.3 is 0 Å². The van der Waals surface area contributed by atoms with Crippen LogP contribution in [0.2, 0.25) is 0 Å². The van der Waals surface area contributed by atoms with Crippen molar-refractivity contribution in [2.75, 3.05) is 52.9 Å². The maximum atomic E-state index is 10.8. The lowest BCUT2D eigenvalue weighted by molar-refractivity contribution is 0.0172. The number of nitrogens with one attached hydrogen (secondary N) is 2. The number of rotatable bonds is 7. The number of guanidine groups is 1. The van der Waals surface area contributed by atoms with Crippen LogP contribution in [0.3, 0.4) is 0 Å². The van der Waals surface area contributed by atoms with E-state index in [1.165, 1.54) is 45.2 Å². The third kappa shape index (κ3) is 7.07. The molecule has 0 aromatic carbocycles. The van der Waals surface area contributed by atoms with Crippen LogP contribution >= 0.6 is 24.0 Å². The van der Waals surface area contributed by atoms with Gasteiger partial charge in [0.05, 0.1) is 6.54 Å². The van der Waals surface area contributed by atoms with E-state index in [4.69, 9.17) is 9.41 Å². The van der Waals surface area contributed by atoms with E-state index in [-0.39, 0.29) is 36.1 Å². The molecule has 0 aliphatic carbocycles. The first kappa shape index (κ1) is 26.4. The van der Waals surface area contributed by atoms with E-state index in [2.05, 4.69) is 34.4 Å². The maximum Gasteiger partial charge on any atom is 0.191 e. The number of halogens is 1. The summed E-state index contributed by atoms with van der Waals surface area (Å²) in [5.41, 5.74) is -0.946. The van der Waals surface area contributed by atoms with Gasteiger partial charge in [0, 0.05) is 18.6 Å². The van der Waals surface area contributed by atoms with Crippen molar-refractivity contribution < 1.29 is 9.52 Å². The normalized spacial score (nSPS) is 22.4. The van der Waals surface area contributed by atoms with E-state index >= 15 is 0 Å². The summed E-state index contributed by atoms with van der Waals surface area (Å²) in [5, 5.41) is 17.8. The first-order valence-electron chi connectivity index (χ1n) is 11.6. The Kier molecular flexibility index (Phi) is 10.1. The Morgan fingerprint density at radius 3 is 2.42 bits per heavy atom. The van der Waals surface area contributed by atoms with E-state index < -0.39 is 5.60 Å². The maximum absolute atomic E-state index is 10.8. The van der Waals surface area contributed by atoms with Crippen LogP contribution in [0.5, 0.6) is 0 Å². The van der Waals surface area contributed by atoms with Gasteiger partial charge < -0.3 is 25.1 Å². The quantitative estimate of drug-likeness (QED) is 0.277. The highest BCUT2D eigenvalue weighted by molar-refractivity contribution is 14.0. The molecule has 0 radical (unpaired) electrons. The third-order valence-corrected chi connectivity index (χ3v) is 6.69. The van der Waals surface area contributed by atoms with Gasteiger partial charge in [0.25, 0.3) is 0 Å². The topological polar surface area (TPSA) is 76.3 Å². The minimum Gasteiger partial charge on any atom is -0.463 e. The zero-order valence-corrected chi connectivity index (χ0v) is 22.1. The van der Waals surface area contributed by atoms with Gasteiger partial charge in [0.1, 0.15) is 17.1 Å². The highest BCUT2D eigenvalue weighted by Gasteiger charge is 2.39. The van der Waals surface area contributed by atoms with Crippen molar-refractivity contribution in [3.05, 3.63) is 23.7 Å². The molecule has 7 nitrogen and oxygen atoms in total. The molecule has 31 heavy (non-hydrogen) atoms. The summed E-state index contributed by atoms with van der Waals surface area (Å²) in [5.74, 6) is 2.11. The number of furan rings is 1. The summed E-state index contributed by atoms with van der Waals surface area (Å²) < 4.78 is 5.63. The molecule has 3 rings (SSSR count). The minimum atomic E-state index is -1.13. The fourth-order valence-corrected chi connectivity index (χ4v) is 4.63. The molecule has 2 aliphatic heterocycles. The van der Waals surface area contributed by atoms with Crippen LogP contribution < -0.4 is 10.6 Å². The number of nitrogens with zero attached hydrogens (tertiary/aromatic N) is 3. The van der Waals surface area contributed by atoms with Crippen LogP contribution in [0.4, 0.5) is 0 Å². The fraction of sp³-hybridized carbons (Fsp3) is 0.783. The predicted molar refractivity (Wildman–Crippen MR) is 137 cm³/mol. The average molecular weight is 548 g/mol. The summed E-state index contributed by atoms with van der Waals surface area (Å²) in [6.07, 6.45) is 6.32. The average Bonchev–Trinajstić information content (AvgIpc) is 3.19. The number of hydrogen-bond acceptors (Lipinski definition) is 5. The standard InChI is InChI=1S/C23H41N5O2.HI/c1-5-24-21(25-17-22(3,29)20-10-9-19(2)30-20)26-18-23(11-15-27(4)16-12-23)28-13-7-6-8-14-28;/h9-10,29H,5-8,11-18H2,1-4H3,(H2,24,25,26);1H. The second-order valence-corrected chi connectivity index (χ2v) is 9.31. The summed E-state index contributed by atoms with van der Waals surface area (Å²) in [6, 6.07) is 3.70. The van der Waals surface area contributed by atoms with Crippen molar-refractivity contribution in [3.63, 3.8) is 0 Å². The van der Waals surface area contributed by atoms with Crippen molar-refractivity contribution in [2.24, 2.45) is 4.99 Å². The van der Waals surface area contributed by atoms with Crippen molar-refractivity contribution in [3.8, 4) is 0 Å². The van der Waals surface area contributed by atoms with Gasteiger partial charge in [0.2, 0.25) is 0 Å². The summed E-state index contributed by atoms with van der Waals surface area (Å²) >= 11 is 0. The van der Waals surface area contributed by atoms with E-state index in [9.17, 15) is 5.11 Å². The molecule has 1 atom stereocenters. The molecule has 0 saturated carbocycles. The molecule has 0 spiro atoms. The van der Waals surface area contributed by atoms with Crippen LogP contribution in [0.1, 0.15) is 57.5 Å². The number of piperidine rings is 2. The molecule has 1 aromatic heterocycles. The summed E-state index contributed by atoms with van der Waals surface area (Å²) in [4.78, 5) is 9.86. The Morgan fingerprint density at radius 1 is 1.16 bits per heavy atom. The lowest BCUT2D eigenvalue weighted by Gasteiger charge is -2.50. The molecule has 1 unspecified atom stereocenters. The Labute approximate surface area is 205 Å². The van der Waals surface area contributed by atoms with Gasteiger partial charge in [-0.05, 0) is 91.8 Å². The molecule has 2 fully saturated rings. The first-order valence-corrected chi connectivity index (χ1v) is 11.6. The van der Waals surface area contributed by atoms with Gasteiger partial charge in [0.15, 0.2) is 5.96 Å². The molecule has 2 aliphatic rings. The second-order valence-electron chi connectivity index (χ2n) is 9.31. The van der Waals surface area contributed by atoms with Crippen molar-refractivity contribution in [1.29, 1.82) is 0 Å². The van der Waals surface area contributed by atoms with Crippen LogP contribution in [0.25, 0.3) is 0 Å². The van der Waals surface area contributed by atoms with Crippen molar-refractivity contribution in [2.45, 2.75) is 64.0 Å². The van der Waals surface area contributed by atoms with Gasteiger partial charge in [-0.3, -0.25) is 4.90 Å². The van der Waals surface area contributed by atoms with Crippen LogP contribution in [-0.4, -0.2) is 79.3 Å². The van der Waals surface area contributed by atoms with Crippen molar-refractivity contribution >= 4 is 29.9 Å². The molecule has 8 heteroatoms. The van der Waals surface area contributed by atoms with E-state index in [1.807, 2.05) is 19.1 Å². The highest BCUT2D eigenvalue weighted by Crippen LogP contribution is 2.31. The number of aliphatic hydroxyl groups is 1. The van der Waals surface area contributed by atoms with E-state index in [0.29, 0.717) is 5.76 Å². The Balaban J connectivity index is 0.00000341. The predicted octanol–water partition coefficient (Wildman–Crippen LogP) is 2.92. The molecule has 3 heterocycles. The molecule has 1 aromatic rings. The largest absolute Gasteiger partial charge is 0.463 e. The van der Waals surface area contributed by atoms with Gasteiger partial charge in [-0.15, -0.1) is 24.0 Å². The Hall–Kier alpha value is -0.840. The Morgan fingerprint density at radius 2 is 1.84 bits per heavy atom. The fourth-order valence-electron chi connectivity index (χ4n) is 4.63. The second kappa shape index (κ2) is 11.9.